The van der Waals surface area contributed by atoms with Crippen LogP contribution in [0.15, 0.2) is 36.4 Å². The van der Waals surface area contributed by atoms with E-state index in [1.807, 2.05) is 38.1 Å². The number of nitrogens with zero attached hydrogens (tertiary/aromatic N) is 1. The molecule has 8 nitrogen and oxygen atoms in total. The second-order valence-electron chi connectivity index (χ2n) is 8.86. The summed E-state index contributed by atoms with van der Waals surface area (Å²) in [5, 5.41) is 5.76. The van der Waals surface area contributed by atoms with E-state index in [2.05, 4.69) is 10.6 Å². The van der Waals surface area contributed by atoms with Gasteiger partial charge in [-0.1, -0.05) is 12.1 Å². The summed E-state index contributed by atoms with van der Waals surface area (Å²) in [5.74, 6) is 0.0163. The normalized spacial score (nSPS) is 17.0. The third-order valence-corrected chi connectivity index (χ3v) is 6.35. The number of aryl methyl sites for hydroxylation is 2. The maximum absolute atomic E-state index is 13.1. The monoisotopic (exact) mass is 465 g/mol. The van der Waals surface area contributed by atoms with Crippen molar-refractivity contribution in [2.75, 3.05) is 36.9 Å². The van der Waals surface area contributed by atoms with Gasteiger partial charge in [-0.25, -0.2) is 0 Å². The zero-order valence-corrected chi connectivity index (χ0v) is 19.7. The van der Waals surface area contributed by atoms with Gasteiger partial charge in [0.05, 0.1) is 6.10 Å². The van der Waals surface area contributed by atoms with Gasteiger partial charge >= 0.3 is 0 Å². The fourth-order valence-electron chi connectivity index (χ4n) is 4.22. The number of amides is 3. The van der Waals surface area contributed by atoms with Gasteiger partial charge in [0.25, 0.3) is 5.91 Å². The Morgan fingerprint density at radius 1 is 1.21 bits per heavy atom. The van der Waals surface area contributed by atoms with Crippen molar-refractivity contribution in [1.82, 2.24) is 4.90 Å². The molecule has 2 aliphatic heterocycles. The summed E-state index contributed by atoms with van der Waals surface area (Å²) in [6.07, 6.45) is 2.80. The standard InChI is InChI=1S/C26H31N3O5/c1-17-5-3-7-22(18(17)2)27-25(31)15-29(14-21-6-4-12-33-21)26(32)16-34-20-9-10-23-19(13-20)8-11-24(30)28-23/h3,5,7,9-10,13,21H,4,6,8,11-12,14-16H2,1-2H3,(H,27,31)(H,28,30). The first-order valence-electron chi connectivity index (χ1n) is 11.7. The van der Waals surface area contributed by atoms with Crippen LogP contribution in [0.1, 0.15) is 36.0 Å². The molecule has 180 valence electrons. The molecule has 1 saturated heterocycles. The van der Waals surface area contributed by atoms with Gasteiger partial charge in [0, 0.05) is 30.9 Å². The van der Waals surface area contributed by atoms with Gasteiger partial charge in [-0.15, -0.1) is 0 Å². The van der Waals surface area contributed by atoms with Crippen molar-refractivity contribution < 1.29 is 23.9 Å². The van der Waals surface area contributed by atoms with Crippen molar-refractivity contribution in [3.05, 3.63) is 53.1 Å². The number of nitrogens with one attached hydrogen (secondary N) is 2. The van der Waals surface area contributed by atoms with E-state index in [1.165, 1.54) is 4.90 Å². The molecule has 0 saturated carbocycles. The van der Waals surface area contributed by atoms with Crippen molar-refractivity contribution in [3.8, 4) is 5.75 Å². The maximum atomic E-state index is 13.1. The fraction of sp³-hybridized carbons (Fsp3) is 0.423. The minimum atomic E-state index is -0.280. The van der Waals surface area contributed by atoms with Gasteiger partial charge in [-0.3, -0.25) is 14.4 Å². The van der Waals surface area contributed by atoms with E-state index in [0.29, 0.717) is 31.7 Å². The molecule has 2 heterocycles. The summed E-state index contributed by atoms with van der Waals surface area (Å²) in [5.41, 5.74) is 4.58. The molecule has 4 rings (SSSR count). The van der Waals surface area contributed by atoms with Crippen LogP contribution in [-0.4, -0.2) is 55.0 Å². The topological polar surface area (TPSA) is 97.0 Å². The molecule has 2 aliphatic rings. The summed E-state index contributed by atoms with van der Waals surface area (Å²) in [6, 6.07) is 11.1. The predicted octanol–water partition coefficient (Wildman–Crippen LogP) is 3.21. The third kappa shape index (κ3) is 5.94. The van der Waals surface area contributed by atoms with Crippen LogP contribution in [0.3, 0.4) is 0 Å². The van der Waals surface area contributed by atoms with Crippen molar-refractivity contribution in [3.63, 3.8) is 0 Å². The molecule has 34 heavy (non-hydrogen) atoms. The van der Waals surface area contributed by atoms with E-state index < -0.39 is 0 Å². The highest BCUT2D eigenvalue weighted by Gasteiger charge is 2.25. The van der Waals surface area contributed by atoms with Crippen LogP contribution in [0.4, 0.5) is 11.4 Å². The number of hydrogen-bond acceptors (Lipinski definition) is 5. The molecule has 2 aromatic rings. The lowest BCUT2D eigenvalue weighted by molar-refractivity contribution is -0.138. The largest absolute Gasteiger partial charge is 0.484 e. The Hall–Kier alpha value is -3.39. The van der Waals surface area contributed by atoms with E-state index >= 15 is 0 Å². The van der Waals surface area contributed by atoms with E-state index in [9.17, 15) is 14.4 Å². The van der Waals surface area contributed by atoms with Crippen LogP contribution in [0.5, 0.6) is 5.75 Å². The average Bonchev–Trinajstić information content (AvgIpc) is 3.33. The molecule has 2 aromatic carbocycles. The molecule has 2 N–H and O–H groups in total. The van der Waals surface area contributed by atoms with E-state index in [-0.39, 0.29) is 37.0 Å². The van der Waals surface area contributed by atoms with Gasteiger partial charge in [0.15, 0.2) is 6.61 Å². The summed E-state index contributed by atoms with van der Waals surface area (Å²) in [6.45, 7) is 4.70. The van der Waals surface area contributed by atoms with Crippen LogP contribution in [0, 0.1) is 13.8 Å². The molecule has 0 aliphatic carbocycles. The van der Waals surface area contributed by atoms with E-state index in [0.717, 1.165) is 40.9 Å². The Balaban J connectivity index is 1.39. The van der Waals surface area contributed by atoms with Crippen molar-refractivity contribution in [1.29, 1.82) is 0 Å². The van der Waals surface area contributed by atoms with Gasteiger partial charge in [0.1, 0.15) is 12.3 Å². The zero-order valence-electron chi connectivity index (χ0n) is 19.7. The summed E-state index contributed by atoms with van der Waals surface area (Å²) < 4.78 is 11.5. The second-order valence-corrected chi connectivity index (χ2v) is 8.86. The van der Waals surface area contributed by atoms with Gasteiger partial charge < -0.3 is 25.0 Å². The number of ether oxygens (including phenoxy) is 2. The van der Waals surface area contributed by atoms with E-state index in [1.54, 1.807) is 12.1 Å². The highest BCUT2D eigenvalue weighted by molar-refractivity contribution is 5.95. The van der Waals surface area contributed by atoms with Crippen LogP contribution in [0.25, 0.3) is 0 Å². The number of rotatable bonds is 8. The zero-order chi connectivity index (χ0) is 24.1. The Morgan fingerprint density at radius 3 is 2.85 bits per heavy atom. The number of carbonyl (C=O) groups is 3. The second kappa shape index (κ2) is 10.7. The molecule has 1 atom stereocenters. The first-order chi connectivity index (χ1) is 16.4. The van der Waals surface area contributed by atoms with Gasteiger partial charge in [0.2, 0.25) is 11.8 Å². The fourth-order valence-corrected chi connectivity index (χ4v) is 4.22. The highest BCUT2D eigenvalue weighted by atomic mass is 16.5. The third-order valence-electron chi connectivity index (χ3n) is 6.35. The number of benzene rings is 2. The SMILES string of the molecule is Cc1cccc(NC(=O)CN(CC2CCCO2)C(=O)COc2ccc3c(c2)CCC(=O)N3)c1C. The number of anilines is 2. The lowest BCUT2D eigenvalue weighted by Gasteiger charge is -2.25. The van der Waals surface area contributed by atoms with Gasteiger partial charge in [-0.2, -0.15) is 0 Å². The molecule has 0 spiro atoms. The predicted molar refractivity (Wildman–Crippen MR) is 129 cm³/mol. The Kier molecular flexibility index (Phi) is 7.47. The quantitative estimate of drug-likeness (QED) is 0.624. The minimum Gasteiger partial charge on any atom is -0.484 e. The summed E-state index contributed by atoms with van der Waals surface area (Å²) >= 11 is 0. The molecule has 0 aromatic heterocycles. The van der Waals surface area contributed by atoms with Crippen molar-refractivity contribution in [2.24, 2.45) is 0 Å². The lowest BCUT2D eigenvalue weighted by atomic mass is 10.0. The molecular weight excluding hydrogens is 434 g/mol. The first kappa shape index (κ1) is 23.8. The molecular formula is C26H31N3O5. The summed E-state index contributed by atoms with van der Waals surface area (Å²) in [7, 11) is 0. The minimum absolute atomic E-state index is 0.000234. The highest BCUT2D eigenvalue weighted by Crippen LogP contribution is 2.27. The van der Waals surface area contributed by atoms with E-state index in [4.69, 9.17) is 9.47 Å². The molecule has 1 fully saturated rings. The lowest BCUT2D eigenvalue weighted by Crippen LogP contribution is -2.44. The Bertz CT molecular complexity index is 1080. The average molecular weight is 466 g/mol. The number of hydrogen-bond donors (Lipinski definition) is 2. The Labute approximate surface area is 199 Å². The van der Waals surface area contributed by atoms with Crippen molar-refractivity contribution >= 4 is 29.1 Å². The van der Waals surface area contributed by atoms with Crippen LogP contribution in [0.2, 0.25) is 0 Å². The molecule has 0 bridgehead atoms. The van der Waals surface area contributed by atoms with Crippen molar-refractivity contribution in [2.45, 2.75) is 45.6 Å². The van der Waals surface area contributed by atoms with Crippen LogP contribution >= 0.6 is 0 Å². The Morgan fingerprint density at radius 2 is 2.06 bits per heavy atom. The maximum Gasteiger partial charge on any atom is 0.261 e. The molecule has 3 amide bonds. The number of fused-ring (bicyclic) bond motifs is 1. The summed E-state index contributed by atoms with van der Waals surface area (Å²) in [4.78, 5) is 38.9. The van der Waals surface area contributed by atoms with Gasteiger partial charge in [-0.05, 0) is 74.1 Å². The smallest absolute Gasteiger partial charge is 0.261 e. The number of carbonyl (C=O) groups excluding carboxylic acids is 3. The van der Waals surface area contributed by atoms with Crippen LogP contribution in [-0.2, 0) is 25.5 Å². The molecule has 1 unspecified atom stereocenters. The molecule has 0 radical (unpaired) electrons. The first-order valence-corrected chi connectivity index (χ1v) is 11.7. The van der Waals surface area contributed by atoms with Crippen LogP contribution < -0.4 is 15.4 Å². The molecule has 8 heteroatoms.